The molecule has 1 saturated heterocycles. The van der Waals surface area contributed by atoms with Crippen LogP contribution in [0.25, 0.3) is 31.4 Å². The molecule has 1 aliphatic heterocycles. The number of fused-ring (bicyclic) bond motifs is 2. The molecule has 0 radical (unpaired) electrons. The number of hydrogen-bond acceptors (Lipinski definition) is 5. The number of rotatable bonds is 3. The molecule has 144 valence electrons. The van der Waals surface area contributed by atoms with Gasteiger partial charge >= 0.3 is 6.03 Å². The predicted octanol–water partition coefficient (Wildman–Crippen LogP) is 2.98. The molecule has 4 N–H and O–H groups in total. The number of nitrogens with zero attached hydrogens (tertiary/aromatic N) is 1. The Bertz CT molecular complexity index is 1240. The minimum absolute atomic E-state index is 0.102. The SMILES string of the molecule is O=C1C[C@H](C(=O)Nc2cc(-c3cc4ccccc4s3)c3[nH]ncc3c2)NC(=O)N1. The fraction of sp³-hybridized carbons (Fsp3) is 0.100. The van der Waals surface area contributed by atoms with E-state index in [9.17, 15) is 14.4 Å². The summed E-state index contributed by atoms with van der Waals surface area (Å²) in [7, 11) is 0. The third-order valence-electron chi connectivity index (χ3n) is 4.77. The Balaban J connectivity index is 1.51. The predicted molar refractivity (Wildman–Crippen MR) is 111 cm³/mol. The van der Waals surface area contributed by atoms with E-state index in [-0.39, 0.29) is 6.42 Å². The number of benzene rings is 2. The minimum Gasteiger partial charge on any atom is -0.325 e. The summed E-state index contributed by atoms with van der Waals surface area (Å²) in [4.78, 5) is 36.7. The maximum atomic E-state index is 12.6. The van der Waals surface area contributed by atoms with Gasteiger partial charge in [-0.2, -0.15) is 5.10 Å². The van der Waals surface area contributed by atoms with Gasteiger partial charge in [-0.05, 0) is 29.7 Å². The first kappa shape index (κ1) is 17.4. The lowest BCUT2D eigenvalue weighted by Gasteiger charge is -2.22. The van der Waals surface area contributed by atoms with E-state index in [1.54, 1.807) is 23.6 Å². The number of anilines is 1. The van der Waals surface area contributed by atoms with Crippen molar-refractivity contribution in [3.05, 3.63) is 48.7 Å². The first-order valence-electron chi connectivity index (χ1n) is 8.94. The Labute approximate surface area is 168 Å². The van der Waals surface area contributed by atoms with Crippen LogP contribution in [0.3, 0.4) is 0 Å². The first-order valence-corrected chi connectivity index (χ1v) is 9.76. The summed E-state index contributed by atoms with van der Waals surface area (Å²) in [6.45, 7) is 0. The van der Waals surface area contributed by atoms with Gasteiger partial charge < -0.3 is 10.6 Å². The van der Waals surface area contributed by atoms with Gasteiger partial charge in [-0.1, -0.05) is 18.2 Å². The van der Waals surface area contributed by atoms with Crippen LogP contribution in [0.2, 0.25) is 0 Å². The Hall–Kier alpha value is -3.72. The lowest BCUT2D eigenvalue weighted by molar-refractivity contribution is -0.126. The zero-order chi connectivity index (χ0) is 20.0. The summed E-state index contributed by atoms with van der Waals surface area (Å²) in [6.07, 6.45) is 1.59. The van der Waals surface area contributed by atoms with Crippen LogP contribution in [0.15, 0.2) is 48.7 Å². The second kappa shape index (κ2) is 6.71. The number of H-pyrrole nitrogens is 1. The van der Waals surface area contributed by atoms with Crippen molar-refractivity contribution in [2.45, 2.75) is 12.5 Å². The number of amides is 4. The van der Waals surface area contributed by atoms with Crippen LogP contribution in [0, 0.1) is 0 Å². The first-order chi connectivity index (χ1) is 14.1. The van der Waals surface area contributed by atoms with E-state index < -0.39 is 23.9 Å². The van der Waals surface area contributed by atoms with Crippen LogP contribution in [0.1, 0.15) is 6.42 Å². The van der Waals surface area contributed by atoms with Crippen molar-refractivity contribution in [1.82, 2.24) is 20.8 Å². The highest BCUT2D eigenvalue weighted by molar-refractivity contribution is 7.22. The second-order valence-electron chi connectivity index (χ2n) is 6.77. The molecule has 0 aliphatic carbocycles. The van der Waals surface area contributed by atoms with E-state index in [0.29, 0.717) is 5.69 Å². The van der Waals surface area contributed by atoms with Crippen molar-refractivity contribution in [3.63, 3.8) is 0 Å². The van der Waals surface area contributed by atoms with E-state index in [2.05, 4.69) is 44.3 Å². The number of urea groups is 1. The van der Waals surface area contributed by atoms with E-state index >= 15 is 0 Å². The van der Waals surface area contributed by atoms with Crippen LogP contribution < -0.4 is 16.0 Å². The summed E-state index contributed by atoms with van der Waals surface area (Å²) in [5.41, 5.74) is 2.36. The zero-order valence-corrected chi connectivity index (χ0v) is 15.8. The van der Waals surface area contributed by atoms with Gasteiger partial charge in [0.05, 0.1) is 18.1 Å². The standard InChI is InChI=1S/C20H15N5O3S/c26-17-8-14(23-20(28)24-17)19(27)22-12-5-11-9-21-25-18(11)13(7-12)16-6-10-3-1-2-4-15(10)29-16/h1-7,9,14H,8H2,(H,21,25)(H,22,27)(H2,23,24,26,28)/t14-/m1/s1. The summed E-state index contributed by atoms with van der Waals surface area (Å²) in [5, 5.41) is 16.5. The molecule has 8 nitrogen and oxygen atoms in total. The van der Waals surface area contributed by atoms with E-state index in [1.165, 1.54) is 4.70 Å². The number of carbonyl (C=O) groups excluding carboxylic acids is 3. The van der Waals surface area contributed by atoms with E-state index in [0.717, 1.165) is 26.7 Å². The van der Waals surface area contributed by atoms with Gasteiger partial charge in [-0.3, -0.25) is 20.0 Å². The topological polar surface area (TPSA) is 116 Å². The average molecular weight is 405 g/mol. The summed E-state index contributed by atoms with van der Waals surface area (Å²) in [5.74, 6) is -0.927. The average Bonchev–Trinajstić information content (AvgIpc) is 3.33. The third kappa shape index (κ3) is 3.21. The van der Waals surface area contributed by atoms with Crippen molar-refractivity contribution < 1.29 is 14.4 Å². The van der Waals surface area contributed by atoms with E-state index in [4.69, 9.17) is 0 Å². The Kier molecular flexibility index (Phi) is 4.02. The monoisotopic (exact) mass is 405 g/mol. The summed E-state index contributed by atoms with van der Waals surface area (Å²) in [6, 6.07) is 12.3. The number of thiophene rings is 1. The van der Waals surface area contributed by atoms with Crippen LogP contribution in [-0.4, -0.2) is 34.1 Å². The lowest BCUT2D eigenvalue weighted by atomic mass is 10.1. The fourth-order valence-corrected chi connectivity index (χ4v) is 4.52. The smallest absolute Gasteiger partial charge is 0.322 e. The van der Waals surface area contributed by atoms with Crippen LogP contribution in [0.5, 0.6) is 0 Å². The molecular formula is C20H15N5O3S. The Morgan fingerprint density at radius 3 is 2.83 bits per heavy atom. The lowest BCUT2D eigenvalue weighted by Crippen LogP contribution is -2.56. The number of aromatic nitrogens is 2. The molecule has 1 atom stereocenters. The minimum atomic E-state index is -0.913. The summed E-state index contributed by atoms with van der Waals surface area (Å²) < 4.78 is 1.17. The maximum absolute atomic E-state index is 12.6. The van der Waals surface area contributed by atoms with Crippen molar-refractivity contribution in [2.75, 3.05) is 5.32 Å². The number of nitrogens with one attached hydrogen (secondary N) is 4. The largest absolute Gasteiger partial charge is 0.325 e. The molecule has 4 aromatic rings. The molecule has 2 aromatic carbocycles. The molecule has 4 amide bonds. The van der Waals surface area contributed by atoms with Crippen molar-refractivity contribution in [3.8, 4) is 10.4 Å². The summed E-state index contributed by atoms with van der Waals surface area (Å²) >= 11 is 1.65. The maximum Gasteiger partial charge on any atom is 0.322 e. The van der Waals surface area contributed by atoms with Gasteiger partial charge in [0.25, 0.3) is 0 Å². The molecule has 0 bridgehead atoms. The van der Waals surface area contributed by atoms with Gasteiger partial charge in [-0.25, -0.2) is 4.79 Å². The van der Waals surface area contributed by atoms with Crippen LogP contribution >= 0.6 is 11.3 Å². The van der Waals surface area contributed by atoms with Gasteiger partial charge in [-0.15, -0.1) is 11.3 Å². The molecule has 1 fully saturated rings. The highest BCUT2D eigenvalue weighted by Crippen LogP contribution is 2.38. The molecule has 5 rings (SSSR count). The molecule has 1 aliphatic rings. The van der Waals surface area contributed by atoms with Crippen molar-refractivity contribution >= 4 is 55.9 Å². The van der Waals surface area contributed by atoms with Crippen LogP contribution in [-0.2, 0) is 9.59 Å². The normalized spacial score (nSPS) is 16.6. The molecule has 29 heavy (non-hydrogen) atoms. The Morgan fingerprint density at radius 2 is 2.00 bits per heavy atom. The van der Waals surface area contributed by atoms with E-state index in [1.807, 2.05) is 18.2 Å². The number of imide groups is 1. The fourth-order valence-electron chi connectivity index (χ4n) is 3.43. The third-order valence-corrected chi connectivity index (χ3v) is 5.92. The molecule has 3 heterocycles. The Morgan fingerprint density at radius 1 is 1.14 bits per heavy atom. The number of hydrogen-bond donors (Lipinski definition) is 4. The highest BCUT2D eigenvalue weighted by atomic mass is 32.1. The molecular weight excluding hydrogens is 390 g/mol. The number of aromatic amines is 1. The molecule has 0 spiro atoms. The van der Waals surface area contributed by atoms with Gasteiger partial charge in [0.1, 0.15) is 6.04 Å². The number of carbonyl (C=O) groups is 3. The molecule has 2 aromatic heterocycles. The van der Waals surface area contributed by atoms with Crippen molar-refractivity contribution in [2.24, 2.45) is 0 Å². The molecule has 0 unspecified atom stereocenters. The quantitative estimate of drug-likeness (QED) is 0.419. The van der Waals surface area contributed by atoms with Gasteiger partial charge in [0, 0.05) is 26.2 Å². The van der Waals surface area contributed by atoms with Crippen LogP contribution in [0.4, 0.5) is 10.5 Å². The molecule has 9 heteroatoms. The molecule has 0 saturated carbocycles. The zero-order valence-electron chi connectivity index (χ0n) is 15.0. The van der Waals surface area contributed by atoms with Gasteiger partial charge in [0.2, 0.25) is 11.8 Å². The van der Waals surface area contributed by atoms with Crippen molar-refractivity contribution in [1.29, 1.82) is 0 Å². The van der Waals surface area contributed by atoms with Gasteiger partial charge in [0.15, 0.2) is 0 Å². The second-order valence-corrected chi connectivity index (χ2v) is 7.86. The highest BCUT2D eigenvalue weighted by Gasteiger charge is 2.29.